The lowest BCUT2D eigenvalue weighted by Crippen LogP contribution is -2.23. The Labute approximate surface area is 115 Å². The summed E-state index contributed by atoms with van der Waals surface area (Å²) in [6.45, 7) is 2.27. The van der Waals surface area contributed by atoms with Crippen LogP contribution < -0.4 is 15.8 Å². The van der Waals surface area contributed by atoms with Crippen LogP contribution in [0.15, 0.2) is 23.6 Å². The van der Waals surface area contributed by atoms with E-state index >= 15 is 0 Å². The Kier molecular flexibility index (Phi) is 4.01. The van der Waals surface area contributed by atoms with E-state index in [0.717, 1.165) is 10.6 Å². The topological polar surface area (TPSA) is 77.2 Å². The number of methoxy groups -OCH3 is 1. The molecular weight excluding hydrogens is 262 g/mol. The summed E-state index contributed by atoms with van der Waals surface area (Å²) in [4.78, 5) is 15.9. The van der Waals surface area contributed by atoms with Gasteiger partial charge in [-0.3, -0.25) is 4.79 Å². The van der Waals surface area contributed by atoms with Crippen molar-refractivity contribution in [3.63, 3.8) is 0 Å². The highest BCUT2D eigenvalue weighted by atomic mass is 32.1. The van der Waals surface area contributed by atoms with Crippen molar-refractivity contribution in [1.29, 1.82) is 0 Å². The SMILES string of the molecule is COc1ccc(CNC(=O)c2csc(C)n2)cc1N. The van der Waals surface area contributed by atoms with Crippen LogP contribution in [0.1, 0.15) is 21.1 Å². The quantitative estimate of drug-likeness (QED) is 0.838. The first-order valence-electron chi connectivity index (χ1n) is 5.73. The number of aryl methyl sites for hydroxylation is 1. The molecule has 6 heteroatoms. The van der Waals surface area contributed by atoms with Crippen LogP contribution in [0, 0.1) is 6.92 Å². The van der Waals surface area contributed by atoms with Gasteiger partial charge < -0.3 is 15.8 Å². The number of nitrogens with zero attached hydrogens (tertiary/aromatic N) is 1. The molecule has 0 saturated carbocycles. The molecule has 1 aromatic heterocycles. The van der Waals surface area contributed by atoms with Gasteiger partial charge in [0, 0.05) is 11.9 Å². The van der Waals surface area contributed by atoms with Gasteiger partial charge in [-0.15, -0.1) is 11.3 Å². The fourth-order valence-electron chi connectivity index (χ4n) is 1.63. The number of hydrogen-bond acceptors (Lipinski definition) is 5. The number of nitrogens with one attached hydrogen (secondary N) is 1. The summed E-state index contributed by atoms with van der Waals surface area (Å²) in [5, 5.41) is 5.42. The Bertz CT molecular complexity index is 595. The van der Waals surface area contributed by atoms with E-state index in [-0.39, 0.29) is 5.91 Å². The second kappa shape index (κ2) is 5.71. The first-order valence-corrected chi connectivity index (χ1v) is 6.61. The zero-order valence-electron chi connectivity index (χ0n) is 10.8. The number of nitrogens with two attached hydrogens (primary N) is 1. The summed E-state index contributed by atoms with van der Waals surface area (Å²) >= 11 is 1.45. The van der Waals surface area contributed by atoms with Gasteiger partial charge >= 0.3 is 0 Å². The normalized spacial score (nSPS) is 10.2. The van der Waals surface area contributed by atoms with E-state index in [1.807, 2.05) is 13.0 Å². The van der Waals surface area contributed by atoms with Crippen molar-refractivity contribution in [3.8, 4) is 5.75 Å². The Hall–Kier alpha value is -2.08. The summed E-state index contributed by atoms with van der Waals surface area (Å²) in [6.07, 6.45) is 0. The van der Waals surface area contributed by atoms with Gasteiger partial charge in [-0.25, -0.2) is 4.98 Å². The molecule has 0 atom stereocenters. The molecule has 0 aliphatic carbocycles. The number of ether oxygens (including phenoxy) is 1. The number of aromatic nitrogens is 1. The number of anilines is 1. The van der Waals surface area contributed by atoms with Crippen molar-refractivity contribution in [2.24, 2.45) is 0 Å². The van der Waals surface area contributed by atoms with E-state index in [0.29, 0.717) is 23.7 Å². The molecule has 0 aliphatic rings. The third-order valence-corrected chi connectivity index (χ3v) is 3.37. The van der Waals surface area contributed by atoms with Gasteiger partial charge in [0.25, 0.3) is 5.91 Å². The Morgan fingerprint density at radius 3 is 2.89 bits per heavy atom. The highest BCUT2D eigenvalue weighted by molar-refractivity contribution is 7.09. The van der Waals surface area contributed by atoms with Gasteiger partial charge in [0.2, 0.25) is 0 Å². The highest BCUT2D eigenvalue weighted by Gasteiger charge is 2.09. The predicted molar refractivity (Wildman–Crippen MR) is 75.4 cm³/mol. The molecular formula is C13H15N3O2S. The zero-order chi connectivity index (χ0) is 13.8. The largest absolute Gasteiger partial charge is 0.495 e. The molecule has 0 unspecified atom stereocenters. The standard InChI is InChI=1S/C13H15N3O2S/c1-8-16-11(7-19-8)13(17)15-6-9-3-4-12(18-2)10(14)5-9/h3-5,7H,6,14H2,1-2H3,(H,15,17). The van der Waals surface area contributed by atoms with E-state index in [9.17, 15) is 4.79 Å². The Balaban J connectivity index is 1.99. The van der Waals surface area contributed by atoms with Crippen LogP contribution in [-0.2, 0) is 6.54 Å². The fraction of sp³-hybridized carbons (Fsp3) is 0.231. The molecule has 5 nitrogen and oxygen atoms in total. The summed E-state index contributed by atoms with van der Waals surface area (Å²) in [7, 11) is 1.57. The van der Waals surface area contributed by atoms with Crippen molar-refractivity contribution in [3.05, 3.63) is 39.8 Å². The molecule has 3 N–H and O–H groups in total. The van der Waals surface area contributed by atoms with Crippen LogP contribution in [0.4, 0.5) is 5.69 Å². The third-order valence-electron chi connectivity index (χ3n) is 2.60. The van der Waals surface area contributed by atoms with E-state index in [2.05, 4.69) is 10.3 Å². The van der Waals surface area contributed by atoms with Crippen LogP contribution in [0.5, 0.6) is 5.75 Å². The van der Waals surface area contributed by atoms with E-state index in [1.54, 1.807) is 24.6 Å². The van der Waals surface area contributed by atoms with Gasteiger partial charge in [-0.2, -0.15) is 0 Å². The number of nitrogen functional groups attached to an aromatic ring is 1. The maximum atomic E-state index is 11.8. The van der Waals surface area contributed by atoms with Crippen LogP contribution in [0.3, 0.4) is 0 Å². The van der Waals surface area contributed by atoms with Crippen molar-refractivity contribution in [2.45, 2.75) is 13.5 Å². The minimum atomic E-state index is -0.182. The fourth-order valence-corrected chi connectivity index (χ4v) is 2.23. The lowest BCUT2D eigenvalue weighted by atomic mass is 10.2. The van der Waals surface area contributed by atoms with Gasteiger partial charge in [0.1, 0.15) is 11.4 Å². The molecule has 0 radical (unpaired) electrons. The second-order valence-electron chi connectivity index (χ2n) is 4.01. The van der Waals surface area contributed by atoms with Crippen LogP contribution in [-0.4, -0.2) is 18.0 Å². The highest BCUT2D eigenvalue weighted by Crippen LogP contribution is 2.21. The Morgan fingerprint density at radius 1 is 1.53 bits per heavy atom. The van der Waals surface area contributed by atoms with E-state index in [4.69, 9.17) is 10.5 Å². The number of benzene rings is 1. The van der Waals surface area contributed by atoms with Crippen molar-refractivity contribution >= 4 is 22.9 Å². The molecule has 0 aliphatic heterocycles. The maximum absolute atomic E-state index is 11.8. The monoisotopic (exact) mass is 277 g/mol. The van der Waals surface area contributed by atoms with Crippen LogP contribution in [0.25, 0.3) is 0 Å². The average Bonchev–Trinajstić information content (AvgIpc) is 2.83. The molecule has 1 aromatic carbocycles. The number of amides is 1. The lowest BCUT2D eigenvalue weighted by molar-refractivity contribution is 0.0946. The lowest BCUT2D eigenvalue weighted by Gasteiger charge is -2.07. The van der Waals surface area contributed by atoms with Crippen LogP contribution in [0.2, 0.25) is 0 Å². The third kappa shape index (κ3) is 3.23. The number of thiazole rings is 1. The van der Waals surface area contributed by atoms with Crippen molar-refractivity contribution in [2.75, 3.05) is 12.8 Å². The zero-order valence-corrected chi connectivity index (χ0v) is 11.6. The molecule has 0 bridgehead atoms. The van der Waals surface area contributed by atoms with Crippen LogP contribution >= 0.6 is 11.3 Å². The molecule has 1 amide bonds. The molecule has 0 spiro atoms. The smallest absolute Gasteiger partial charge is 0.271 e. The molecule has 1 heterocycles. The van der Waals surface area contributed by atoms with Gasteiger partial charge in [0.15, 0.2) is 0 Å². The predicted octanol–water partition coefficient (Wildman–Crippen LogP) is 1.97. The van der Waals surface area contributed by atoms with Gasteiger partial charge in [0.05, 0.1) is 17.8 Å². The minimum absolute atomic E-state index is 0.182. The average molecular weight is 277 g/mol. The molecule has 2 aromatic rings. The maximum Gasteiger partial charge on any atom is 0.271 e. The van der Waals surface area contributed by atoms with Crippen molar-refractivity contribution < 1.29 is 9.53 Å². The molecule has 19 heavy (non-hydrogen) atoms. The summed E-state index contributed by atoms with van der Waals surface area (Å²) in [5.41, 5.74) is 7.72. The van der Waals surface area contributed by atoms with Gasteiger partial charge in [-0.1, -0.05) is 6.07 Å². The molecule has 100 valence electrons. The minimum Gasteiger partial charge on any atom is -0.495 e. The van der Waals surface area contributed by atoms with E-state index in [1.165, 1.54) is 11.3 Å². The summed E-state index contributed by atoms with van der Waals surface area (Å²) < 4.78 is 5.08. The van der Waals surface area contributed by atoms with Crippen molar-refractivity contribution in [1.82, 2.24) is 10.3 Å². The molecule has 2 rings (SSSR count). The first kappa shape index (κ1) is 13.4. The van der Waals surface area contributed by atoms with E-state index < -0.39 is 0 Å². The number of carbonyl (C=O) groups is 1. The Morgan fingerprint density at radius 2 is 2.32 bits per heavy atom. The number of hydrogen-bond donors (Lipinski definition) is 2. The molecule has 0 fully saturated rings. The summed E-state index contributed by atoms with van der Waals surface area (Å²) in [5.74, 6) is 0.448. The first-order chi connectivity index (χ1) is 9.10. The summed E-state index contributed by atoms with van der Waals surface area (Å²) in [6, 6.07) is 5.43. The van der Waals surface area contributed by atoms with Gasteiger partial charge in [-0.05, 0) is 24.6 Å². The second-order valence-corrected chi connectivity index (χ2v) is 5.07. The number of rotatable bonds is 4. The molecule has 0 saturated heterocycles. The number of carbonyl (C=O) groups excluding carboxylic acids is 1.